The lowest BCUT2D eigenvalue weighted by Crippen LogP contribution is -2.08. The van der Waals surface area contributed by atoms with Crippen molar-refractivity contribution in [3.05, 3.63) is 35.9 Å². The molecule has 0 aliphatic heterocycles. The highest BCUT2D eigenvalue weighted by Gasteiger charge is 2.06. The number of esters is 1. The van der Waals surface area contributed by atoms with Gasteiger partial charge in [0.05, 0.1) is 0 Å². The second-order valence-corrected chi connectivity index (χ2v) is 3.97. The minimum absolute atomic E-state index is 0.117. The van der Waals surface area contributed by atoms with Crippen LogP contribution in [0.1, 0.15) is 25.3 Å². The first-order chi connectivity index (χ1) is 7.72. The normalized spacial score (nSPS) is 12.1. The summed E-state index contributed by atoms with van der Waals surface area (Å²) in [6, 6.07) is 9.59. The van der Waals surface area contributed by atoms with Gasteiger partial charge in [0.25, 0.3) is 0 Å². The number of aliphatic hydroxyl groups is 1. The highest BCUT2D eigenvalue weighted by Crippen LogP contribution is 2.07. The zero-order valence-corrected chi connectivity index (χ0v) is 9.56. The van der Waals surface area contributed by atoms with Gasteiger partial charge in [-0.05, 0) is 17.9 Å². The summed E-state index contributed by atoms with van der Waals surface area (Å²) in [7, 11) is 0. The van der Waals surface area contributed by atoms with E-state index in [2.05, 4.69) is 0 Å². The van der Waals surface area contributed by atoms with Crippen LogP contribution in [0.25, 0.3) is 0 Å². The van der Waals surface area contributed by atoms with Crippen LogP contribution in [0.4, 0.5) is 0 Å². The van der Waals surface area contributed by atoms with Crippen molar-refractivity contribution in [1.29, 1.82) is 0 Å². The molecule has 1 aromatic rings. The van der Waals surface area contributed by atoms with E-state index >= 15 is 0 Å². The fourth-order valence-corrected chi connectivity index (χ4v) is 1.27. The molecule has 0 aliphatic carbocycles. The minimum atomic E-state index is -0.204. The Hall–Kier alpha value is -1.35. The first-order valence-corrected chi connectivity index (χ1v) is 5.52. The first kappa shape index (κ1) is 12.7. The van der Waals surface area contributed by atoms with Gasteiger partial charge in [-0.1, -0.05) is 37.3 Å². The lowest BCUT2D eigenvalue weighted by atomic mass is 10.1. The molecule has 1 aromatic carbocycles. The number of benzene rings is 1. The smallest absolute Gasteiger partial charge is 0.306 e. The van der Waals surface area contributed by atoms with Gasteiger partial charge in [-0.15, -0.1) is 0 Å². The summed E-state index contributed by atoms with van der Waals surface area (Å²) in [6.45, 7) is 2.35. The van der Waals surface area contributed by atoms with Gasteiger partial charge < -0.3 is 9.84 Å². The van der Waals surface area contributed by atoms with E-state index in [9.17, 15) is 4.79 Å². The predicted molar refractivity (Wildman–Crippen MR) is 61.7 cm³/mol. The molecule has 88 valence electrons. The Morgan fingerprint density at radius 2 is 2.06 bits per heavy atom. The van der Waals surface area contributed by atoms with Crippen LogP contribution in [-0.2, 0) is 16.1 Å². The third-order valence-electron chi connectivity index (χ3n) is 2.40. The molecule has 0 radical (unpaired) electrons. The second-order valence-electron chi connectivity index (χ2n) is 3.97. The number of aliphatic hydroxyl groups excluding tert-OH is 1. The largest absolute Gasteiger partial charge is 0.461 e. The van der Waals surface area contributed by atoms with Crippen molar-refractivity contribution < 1.29 is 14.6 Å². The Morgan fingerprint density at radius 3 is 2.69 bits per heavy atom. The zero-order chi connectivity index (χ0) is 11.8. The second kappa shape index (κ2) is 7.01. The average molecular weight is 222 g/mol. The molecule has 0 aromatic heterocycles. The molecule has 3 heteroatoms. The molecule has 3 nitrogen and oxygen atoms in total. The van der Waals surface area contributed by atoms with E-state index in [-0.39, 0.29) is 18.5 Å². The standard InChI is InChI=1S/C13H18O3/c1-11(9-14)7-8-13(15)16-10-12-5-3-2-4-6-12/h2-6,11,14H,7-10H2,1H3/t11-/m0/s1. The SMILES string of the molecule is C[C@H](CO)CCC(=O)OCc1ccccc1. The van der Waals surface area contributed by atoms with Gasteiger partial charge in [0.2, 0.25) is 0 Å². The van der Waals surface area contributed by atoms with E-state index in [1.165, 1.54) is 0 Å². The molecule has 0 spiro atoms. The van der Waals surface area contributed by atoms with Gasteiger partial charge in [-0.25, -0.2) is 0 Å². The number of hydrogen-bond acceptors (Lipinski definition) is 3. The van der Waals surface area contributed by atoms with Gasteiger partial charge in [0.15, 0.2) is 0 Å². The van der Waals surface area contributed by atoms with Crippen molar-refractivity contribution in [1.82, 2.24) is 0 Å². The Morgan fingerprint density at radius 1 is 1.38 bits per heavy atom. The van der Waals surface area contributed by atoms with Gasteiger partial charge >= 0.3 is 5.97 Å². The maximum absolute atomic E-state index is 11.3. The Bertz CT molecular complexity index is 308. The number of carbonyl (C=O) groups excluding carboxylic acids is 1. The third kappa shape index (κ3) is 4.94. The van der Waals surface area contributed by atoms with Crippen molar-refractivity contribution in [2.45, 2.75) is 26.4 Å². The summed E-state index contributed by atoms with van der Waals surface area (Å²) in [5, 5.41) is 8.80. The average Bonchev–Trinajstić information content (AvgIpc) is 2.34. The topological polar surface area (TPSA) is 46.5 Å². The summed E-state index contributed by atoms with van der Waals surface area (Å²) in [4.78, 5) is 11.3. The van der Waals surface area contributed by atoms with Crippen LogP contribution >= 0.6 is 0 Å². The molecular weight excluding hydrogens is 204 g/mol. The van der Waals surface area contributed by atoms with E-state index in [1.54, 1.807) is 0 Å². The molecule has 0 heterocycles. The van der Waals surface area contributed by atoms with Crippen LogP contribution in [-0.4, -0.2) is 17.7 Å². The number of carbonyl (C=O) groups is 1. The van der Waals surface area contributed by atoms with Crippen molar-refractivity contribution in [3.8, 4) is 0 Å². The van der Waals surface area contributed by atoms with Crippen LogP contribution in [0, 0.1) is 5.92 Å². The monoisotopic (exact) mass is 222 g/mol. The molecule has 0 amide bonds. The predicted octanol–water partition coefficient (Wildman–Crippen LogP) is 2.14. The van der Waals surface area contributed by atoms with Gasteiger partial charge in [0, 0.05) is 13.0 Å². The fourth-order valence-electron chi connectivity index (χ4n) is 1.27. The van der Waals surface area contributed by atoms with E-state index in [0.29, 0.717) is 19.4 Å². The zero-order valence-electron chi connectivity index (χ0n) is 9.56. The van der Waals surface area contributed by atoms with Crippen molar-refractivity contribution >= 4 is 5.97 Å². The fraction of sp³-hybridized carbons (Fsp3) is 0.462. The quantitative estimate of drug-likeness (QED) is 0.750. The Balaban J connectivity index is 2.20. The summed E-state index contributed by atoms with van der Waals surface area (Å²) < 4.78 is 5.10. The molecule has 16 heavy (non-hydrogen) atoms. The van der Waals surface area contributed by atoms with Crippen LogP contribution in [0.5, 0.6) is 0 Å². The molecule has 0 saturated carbocycles. The summed E-state index contributed by atoms with van der Waals surface area (Å²) in [5.41, 5.74) is 0.992. The number of hydrogen-bond donors (Lipinski definition) is 1. The third-order valence-corrected chi connectivity index (χ3v) is 2.40. The number of ether oxygens (including phenoxy) is 1. The van der Waals surface area contributed by atoms with E-state index in [0.717, 1.165) is 5.56 Å². The highest BCUT2D eigenvalue weighted by molar-refractivity contribution is 5.69. The highest BCUT2D eigenvalue weighted by atomic mass is 16.5. The molecule has 0 saturated heterocycles. The Kier molecular flexibility index (Phi) is 5.57. The van der Waals surface area contributed by atoms with Crippen molar-refractivity contribution in [3.63, 3.8) is 0 Å². The maximum atomic E-state index is 11.3. The summed E-state index contributed by atoms with van der Waals surface area (Å²) >= 11 is 0. The molecule has 0 bridgehead atoms. The molecule has 0 aliphatic rings. The van der Waals surface area contributed by atoms with Gasteiger partial charge in [-0.2, -0.15) is 0 Å². The molecule has 1 N–H and O–H groups in total. The molecular formula is C13H18O3. The number of rotatable bonds is 6. The van der Waals surface area contributed by atoms with E-state index < -0.39 is 0 Å². The summed E-state index contributed by atoms with van der Waals surface area (Å²) in [6.07, 6.45) is 1.04. The molecule has 0 unspecified atom stereocenters. The Labute approximate surface area is 96.1 Å². The molecule has 1 atom stereocenters. The van der Waals surface area contributed by atoms with Crippen molar-refractivity contribution in [2.24, 2.45) is 5.92 Å². The molecule has 0 fully saturated rings. The maximum Gasteiger partial charge on any atom is 0.306 e. The minimum Gasteiger partial charge on any atom is -0.461 e. The van der Waals surface area contributed by atoms with Gasteiger partial charge in [0.1, 0.15) is 6.61 Å². The van der Waals surface area contributed by atoms with Crippen LogP contribution in [0.3, 0.4) is 0 Å². The van der Waals surface area contributed by atoms with Crippen molar-refractivity contribution in [2.75, 3.05) is 6.61 Å². The summed E-state index contributed by atoms with van der Waals surface area (Å²) in [5.74, 6) is -0.0478. The van der Waals surface area contributed by atoms with Crippen LogP contribution in [0.15, 0.2) is 30.3 Å². The van der Waals surface area contributed by atoms with E-state index in [1.807, 2.05) is 37.3 Å². The van der Waals surface area contributed by atoms with Crippen LogP contribution < -0.4 is 0 Å². The lowest BCUT2D eigenvalue weighted by molar-refractivity contribution is -0.145. The lowest BCUT2D eigenvalue weighted by Gasteiger charge is -2.07. The van der Waals surface area contributed by atoms with Crippen LogP contribution in [0.2, 0.25) is 0 Å². The first-order valence-electron chi connectivity index (χ1n) is 5.52. The van der Waals surface area contributed by atoms with Gasteiger partial charge in [-0.3, -0.25) is 4.79 Å². The van der Waals surface area contributed by atoms with E-state index in [4.69, 9.17) is 9.84 Å². The molecule has 1 rings (SSSR count).